The third-order valence-corrected chi connectivity index (χ3v) is 23.2. The second-order valence-corrected chi connectivity index (χ2v) is 28.5. The molecule has 488 valence electrons. The smallest absolute Gasteiger partial charge is 0.315 e. The number of carbonyl (C=O) groups excluding carboxylic acids is 1. The van der Waals surface area contributed by atoms with Gasteiger partial charge in [-0.25, -0.2) is 0 Å². The number of carbonyl (C=O) groups is 1. The van der Waals surface area contributed by atoms with Gasteiger partial charge in [-0.1, -0.05) is 53.2 Å². The summed E-state index contributed by atoms with van der Waals surface area (Å²) in [4.78, 5) is 15.2. The second-order valence-electron chi connectivity index (χ2n) is 28.5. The van der Waals surface area contributed by atoms with Crippen molar-refractivity contribution in [3.05, 3.63) is 11.6 Å². The summed E-state index contributed by atoms with van der Waals surface area (Å²) in [7, 11) is 0. The van der Waals surface area contributed by atoms with Gasteiger partial charge in [-0.3, -0.25) is 4.79 Å². The predicted octanol–water partition coefficient (Wildman–Crippen LogP) is -2.54. The van der Waals surface area contributed by atoms with Crippen molar-refractivity contribution in [1.82, 2.24) is 0 Å². The first kappa shape index (κ1) is 66.2. The average molecular weight is 1220 g/mol. The van der Waals surface area contributed by atoms with Gasteiger partial charge in [-0.2, -0.15) is 0 Å². The van der Waals surface area contributed by atoms with E-state index in [0.29, 0.717) is 51.4 Å². The lowest BCUT2D eigenvalue weighted by Gasteiger charge is -2.71. The van der Waals surface area contributed by atoms with E-state index in [0.717, 1.165) is 12.8 Å². The first-order valence-corrected chi connectivity index (χ1v) is 30.6. The Hall–Kier alpha value is -1.75. The zero-order valence-electron chi connectivity index (χ0n) is 49.8. The molecule has 0 aromatic rings. The molecule has 0 amide bonds. The van der Waals surface area contributed by atoms with E-state index in [1.165, 1.54) is 19.4 Å². The molecule has 5 saturated heterocycles. The van der Waals surface area contributed by atoms with Crippen LogP contribution in [-0.4, -0.2) is 263 Å². The number of esters is 1. The molecule has 85 heavy (non-hydrogen) atoms. The van der Waals surface area contributed by atoms with Crippen molar-refractivity contribution in [2.24, 2.45) is 50.2 Å². The summed E-state index contributed by atoms with van der Waals surface area (Å²) in [5.41, 5.74) is -1.93. The zero-order valence-corrected chi connectivity index (χ0v) is 49.8. The molecular weight excluding hydrogens is 1120 g/mol. The number of aliphatic hydroxyl groups is 15. The van der Waals surface area contributed by atoms with Crippen LogP contribution in [0.5, 0.6) is 0 Å². The van der Waals surface area contributed by atoms with E-state index in [1.807, 2.05) is 6.92 Å². The zero-order chi connectivity index (χ0) is 62.0. The molecule has 0 aromatic heterocycles. The highest BCUT2D eigenvalue weighted by molar-refractivity contribution is 5.79. The van der Waals surface area contributed by atoms with Crippen molar-refractivity contribution >= 4 is 5.97 Å². The molecule has 9 fully saturated rings. The molecule has 26 nitrogen and oxygen atoms in total. The highest BCUT2D eigenvalue weighted by Gasteiger charge is 2.71. The molecule has 5 aliphatic heterocycles. The van der Waals surface area contributed by atoms with Crippen LogP contribution >= 0.6 is 0 Å². The van der Waals surface area contributed by atoms with E-state index in [2.05, 4.69) is 40.7 Å². The van der Waals surface area contributed by atoms with Gasteiger partial charge in [0.15, 0.2) is 25.2 Å². The molecule has 5 aliphatic carbocycles. The molecule has 5 heterocycles. The van der Waals surface area contributed by atoms with E-state index in [-0.39, 0.29) is 47.2 Å². The van der Waals surface area contributed by atoms with Crippen LogP contribution in [0.4, 0.5) is 0 Å². The third kappa shape index (κ3) is 11.1. The number of allylic oxidation sites excluding steroid dienone is 2. The summed E-state index contributed by atoms with van der Waals surface area (Å²) in [5, 5.41) is 163. The summed E-state index contributed by atoms with van der Waals surface area (Å²) in [6, 6.07) is 0. The minimum atomic E-state index is -1.90. The minimum absolute atomic E-state index is 0.0670. The number of rotatable bonds is 13. The fraction of sp³-hybridized carbons (Fsp3) is 0.949. The van der Waals surface area contributed by atoms with Crippen molar-refractivity contribution in [2.45, 2.75) is 273 Å². The van der Waals surface area contributed by atoms with Crippen LogP contribution in [0.3, 0.4) is 0 Å². The maximum absolute atomic E-state index is 15.2. The van der Waals surface area contributed by atoms with Crippen molar-refractivity contribution < 1.29 is 129 Å². The molecule has 4 saturated carbocycles. The highest BCUT2D eigenvalue weighted by atomic mass is 16.8. The number of ether oxygens (including phenoxy) is 10. The maximum Gasteiger partial charge on any atom is 0.315 e. The van der Waals surface area contributed by atoms with Crippen molar-refractivity contribution in [3.63, 3.8) is 0 Å². The van der Waals surface area contributed by atoms with Crippen LogP contribution < -0.4 is 0 Å². The monoisotopic (exact) mass is 1220 g/mol. The van der Waals surface area contributed by atoms with Crippen molar-refractivity contribution in [3.8, 4) is 0 Å². The Bertz CT molecular complexity index is 2370. The highest BCUT2D eigenvalue weighted by Crippen LogP contribution is 2.76. The number of hydrogen-bond acceptors (Lipinski definition) is 26. The molecule has 10 aliphatic rings. The number of fused-ring (bicyclic) bond motifs is 7. The second kappa shape index (κ2) is 24.4. The fourth-order valence-corrected chi connectivity index (χ4v) is 17.5. The van der Waals surface area contributed by atoms with Gasteiger partial charge in [0.1, 0.15) is 104 Å². The van der Waals surface area contributed by atoms with Crippen LogP contribution in [0.25, 0.3) is 0 Å². The average Bonchev–Trinajstić information content (AvgIpc) is 0.688. The SMILES string of the molecule is CC1OC(OC2C(CO)OC(OCC3OC(OC(=O)[C@]45CCC(C)(C)CC4C4=CCC6[C@@]7(C)CCC(OC8OCC(O)C(O)C8OC8OC(C)C(O)C(O)C8O)[C@@](C)(CO)C7CC[C@@]6(C)[C@]4(C)CC5)C(O)C(O)C3O)C(O)C2O)C(O)C(O)C1O. The first-order chi connectivity index (χ1) is 39.8. The van der Waals surface area contributed by atoms with E-state index in [4.69, 9.17) is 47.4 Å². The Morgan fingerprint density at radius 2 is 1.14 bits per heavy atom. The molecule has 0 spiro atoms. The van der Waals surface area contributed by atoms with E-state index >= 15 is 4.79 Å². The molecule has 26 heteroatoms. The molecular formula is C59H96O26. The predicted molar refractivity (Wildman–Crippen MR) is 288 cm³/mol. The Kier molecular flexibility index (Phi) is 19.0. The standard InChI is InChI=1S/C59H96O26/c1-24-34(63)38(67)42(71)49(78-24)83-46-29(20-60)80-48(45(74)41(46)70)77-22-30-37(66)40(69)44(73)51(81-30)85-53(75)59-17-15-54(3,4)19-27(59)26-9-10-32-55(5)13-12-33(56(6,23-61)31(55)11-14-58(32,8)57(26,7)16-18-59)82-52-47(36(65)28(62)21-76-52)84-50-43(72)39(68)35(64)25(2)79-50/h9,24-25,27-52,60-74H,10-23H2,1-8H3/t24?,25?,27?,28?,29?,30?,31?,32?,33?,34?,35?,36?,37?,38?,39?,40?,41?,42?,43?,44?,45?,46?,47?,48?,49?,50?,51?,52?,55-,56-,57+,58+,59-/m0/s1. The van der Waals surface area contributed by atoms with E-state index in [1.54, 1.807) is 0 Å². The van der Waals surface area contributed by atoms with Gasteiger partial charge in [0.2, 0.25) is 6.29 Å². The number of hydrogen-bond donors (Lipinski definition) is 15. The first-order valence-electron chi connectivity index (χ1n) is 30.6. The minimum Gasteiger partial charge on any atom is -0.432 e. The van der Waals surface area contributed by atoms with Crippen molar-refractivity contribution in [1.29, 1.82) is 0 Å². The Morgan fingerprint density at radius 3 is 1.76 bits per heavy atom. The maximum atomic E-state index is 15.2. The summed E-state index contributed by atoms with van der Waals surface area (Å²) >= 11 is 0. The van der Waals surface area contributed by atoms with Crippen LogP contribution in [-0.2, 0) is 52.2 Å². The van der Waals surface area contributed by atoms with Gasteiger partial charge in [0.25, 0.3) is 0 Å². The molecule has 0 bridgehead atoms. The molecule has 33 atom stereocenters. The van der Waals surface area contributed by atoms with Gasteiger partial charge in [-0.15, -0.1) is 0 Å². The van der Waals surface area contributed by atoms with E-state index in [9.17, 15) is 76.6 Å². The van der Waals surface area contributed by atoms with Crippen LogP contribution in [0.15, 0.2) is 11.6 Å². The summed E-state index contributed by atoms with van der Waals surface area (Å²) in [6.45, 7) is 14.3. The normalized spacial score (nSPS) is 55.3. The third-order valence-electron chi connectivity index (χ3n) is 23.2. The van der Waals surface area contributed by atoms with Crippen LogP contribution in [0.2, 0.25) is 0 Å². The van der Waals surface area contributed by atoms with Gasteiger partial charge < -0.3 is 124 Å². The lowest BCUT2D eigenvalue weighted by atomic mass is 9.33. The van der Waals surface area contributed by atoms with Gasteiger partial charge in [-0.05, 0) is 117 Å². The fourth-order valence-electron chi connectivity index (χ4n) is 17.5. The molecule has 28 unspecified atom stereocenters. The molecule has 0 aromatic carbocycles. The quantitative estimate of drug-likeness (QED) is 0.0513. The molecule has 10 rings (SSSR count). The lowest BCUT2D eigenvalue weighted by Crippen LogP contribution is -2.67. The van der Waals surface area contributed by atoms with Crippen molar-refractivity contribution in [2.75, 3.05) is 26.4 Å². The summed E-state index contributed by atoms with van der Waals surface area (Å²) < 4.78 is 59.4. The summed E-state index contributed by atoms with van der Waals surface area (Å²) in [5.74, 6) is -0.861. The van der Waals surface area contributed by atoms with Crippen LogP contribution in [0.1, 0.15) is 120 Å². The van der Waals surface area contributed by atoms with Gasteiger partial charge >= 0.3 is 5.97 Å². The molecule has 0 radical (unpaired) electrons. The lowest BCUT2D eigenvalue weighted by molar-refractivity contribution is -0.365. The Morgan fingerprint density at radius 1 is 0.565 bits per heavy atom. The van der Waals surface area contributed by atoms with Gasteiger partial charge in [0.05, 0.1) is 50.2 Å². The van der Waals surface area contributed by atoms with Crippen LogP contribution in [0, 0.1) is 50.2 Å². The van der Waals surface area contributed by atoms with E-state index < -0.39 is 189 Å². The molecule has 15 N–H and O–H groups in total. The topological polar surface area (TPSA) is 413 Å². The summed E-state index contributed by atoms with van der Waals surface area (Å²) in [6.07, 6.45) is -29.6. The Labute approximate surface area is 494 Å². The van der Waals surface area contributed by atoms with Gasteiger partial charge in [0, 0.05) is 5.41 Å². The Balaban J connectivity index is 0.833. The number of aliphatic hydroxyl groups excluding tert-OH is 15. The largest absolute Gasteiger partial charge is 0.432 e.